The Morgan fingerprint density at radius 1 is 1.03 bits per heavy atom. The van der Waals surface area contributed by atoms with E-state index >= 15 is 0 Å². The average molecular weight is 558 g/mol. The number of nitrogens with zero attached hydrogens (tertiary/aromatic N) is 1. The van der Waals surface area contributed by atoms with Crippen LogP contribution in [0.25, 0.3) is 0 Å². The van der Waals surface area contributed by atoms with E-state index in [4.69, 9.17) is 27.9 Å². The number of anilines is 2. The van der Waals surface area contributed by atoms with Crippen LogP contribution in [0.4, 0.5) is 11.4 Å². The molecule has 0 aromatic heterocycles. The van der Waals surface area contributed by atoms with Gasteiger partial charge in [-0.3, -0.25) is 9.10 Å². The van der Waals surface area contributed by atoms with E-state index in [0.29, 0.717) is 31.6 Å². The van der Waals surface area contributed by atoms with E-state index in [2.05, 4.69) is 21.2 Å². The molecular formula is C22H19BrCl2N2O4S. The third kappa shape index (κ3) is 5.75. The van der Waals surface area contributed by atoms with Gasteiger partial charge in [-0.25, -0.2) is 8.42 Å². The molecule has 10 heteroatoms. The summed E-state index contributed by atoms with van der Waals surface area (Å²) in [5.74, 6) is -0.0681. The summed E-state index contributed by atoms with van der Waals surface area (Å²) in [4.78, 5) is 12.8. The number of ether oxygens (including phenoxy) is 1. The number of rotatable bonds is 7. The standard InChI is InChI=1S/C22H19BrCl2N2O4S/c1-14-3-5-18(6-4-14)27(13-22(28)26-17-10-15(24)9-16(25)11-17)32(29,30)19-7-8-21(31-2)20(23)12-19/h3-12H,13H2,1-2H3,(H,26,28). The van der Waals surface area contributed by atoms with Crippen molar-refractivity contribution in [1.82, 2.24) is 0 Å². The van der Waals surface area contributed by atoms with E-state index in [-0.39, 0.29) is 4.90 Å². The number of benzene rings is 3. The van der Waals surface area contributed by atoms with E-state index in [0.717, 1.165) is 9.87 Å². The van der Waals surface area contributed by atoms with Crippen molar-refractivity contribution < 1.29 is 17.9 Å². The second-order valence-corrected chi connectivity index (χ2v) is 10.4. The summed E-state index contributed by atoms with van der Waals surface area (Å²) in [5.41, 5.74) is 1.67. The molecular weight excluding hydrogens is 539 g/mol. The fraction of sp³-hybridized carbons (Fsp3) is 0.136. The Morgan fingerprint density at radius 3 is 2.22 bits per heavy atom. The summed E-state index contributed by atoms with van der Waals surface area (Å²) in [6.07, 6.45) is 0. The van der Waals surface area contributed by atoms with Crippen LogP contribution in [0.2, 0.25) is 10.0 Å². The van der Waals surface area contributed by atoms with Gasteiger partial charge in [-0.2, -0.15) is 0 Å². The number of methoxy groups -OCH3 is 1. The number of nitrogens with one attached hydrogen (secondary N) is 1. The molecule has 0 fully saturated rings. The first-order valence-electron chi connectivity index (χ1n) is 9.29. The minimum atomic E-state index is -4.08. The fourth-order valence-electron chi connectivity index (χ4n) is 2.92. The SMILES string of the molecule is COc1ccc(S(=O)(=O)N(CC(=O)Nc2cc(Cl)cc(Cl)c2)c2ccc(C)cc2)cc1Br. The number of halogens is 3. The normalized spacial score (nSPS) is 11.2. The molecule has 0 saturated carbocycles. The van der Waals surface area contributed by atoms with Crippen LogP contribution in [-0.2, 0) is 14.8 Å². The van der Waals surface area contributed by atoms with E-state index < -0.39 is 22.5 Å². The predicted molar refractivity (Wildman–Crippen MR) is 131 cm³/mol. The molecule has 0 unspecified atom stereocenters. The number of sulfonamides is 1. The number of amides is 1. The van der Waals surface area contributed by atoms with Crippen LogP contribution < -0.4 is 14.4 Å². The van der Waals surface area contributed by atoms with Crippen molar-refractivity contribution in [2.24, 2.45) is 0 Å². The number of hydrogen-bond acceptors (Lipinski definition) is 4. The van der Waals surface area contributed by atoms with Crippen LogP contribution in [-0.4, -0.2) is 28.0 Å². The monoisotopic (exact) mass is 556 g/mol. The Kier molecular flexibility index (Phi) is 7.71. The molecule has 0 bridgehead atoms. The van der Waals surface area contributed by atoms with Crippen molar-refractivity contribution in [2.45, 2.75) is 11.8 Å². The highest BCUT2D eigenvalue weighted by atomic mass is 79.9. The predicted octanol–water partition coefficient (Wildman–Crippen LogP) is 5.91. The van der Waals surface area contributed by atoms with E-state index in [1.54, 1.807) is 30.3 Å². The topological polar surface area (TPSA) is 75.7 Å². The zero-order valence-electron chi connectivity index (χ0n) is 17.1. The third-order valence-corrected chi connectivity index (χ3v) is 7.29. The second-order valence-electron chi connectivity index (χ2n) is 6.85. The Hall–Kier alpha value is -2.26. The molecule has 3 rings (SSSR count). The molecule has 3 aromatic carbocycles. The summed E-state index contributed by atoms with van der Waals surface area (Å²) < 4.78 is 33.7. The molecule has 1 amide bonds. The molecule has 0 aliphatic carbocycles. The van der Waals surface area contributed by atoms with Gasteiger partial charge < -0.3 is 10.1 Å². The first-order chi connectivity index (χ1) is 15.1. The van der Waals surface area contributed by atoms with Crippen LogP contribution >= 0.6 is 39.1 Å². The minimum absolute atomic E-state index is 0.00403. The summed E-state index contributed by atoms with van der Waals surface area (Å²) in [6.45, 7) is 1.43. The maximum atomic E-state index is 13.5. The molecule has 6 nitrogen and oxygen atoms in total. The Labute approximate surface area is 205 Å². The smallest absolute Gasteiger partial charge is 0.264 e. The molecule has 0 spiro atoms. The molecule has 3 aromatic rings. The number of aryl methyl sites for hydroxylation is 1. The summed E-state index contributed by atoms with van der Waals surface area (Å²) in [5, 5.41) is 3.34. The van der Waals surface area contributed by atoms with Gasteiger partial charge in [0.05, 0.1) is 22.2 Å². The molecule has 0 radical (unpaired) electrons. The van der Waals surface area contributed by atoms with Crippen LogP contribution in [0.15, 0.2) is 70.0 Å². The largest absolute Gasteiger partial charge is 0.496 e. The Morgan fingerprint density at radius 2 is 1.66 bits per heavy atom. The van der Waals surface area contributed by atoms with Gasteiger partial charge in [0.15, 0.2) is 0 Å². The minimum Gasteiger partial charge on any atom is -0.496 e. The van der Waals surface area contributed by atoms with Gasteiger partial charge in [-0.15, -0.1) is 0 Å². The Bertz CT molecular complexity index is 1230. The molecule has 0 atom stereocenters. The molecule has 0 aliphatic heterocycles. The molecule has 0 saturated heterocycles. The first-order valence-corrected chi connectivity index (χ1v) is 12.3. The van der Waals surface area contributed by atoms with Crippen molar-refractivity contribution in [2.75, 3.05) is 23.3 Å². The van der Waals surface area contributed by atoms with Gasteiger partial charge in [0.2, 0.25) is 5.91 Å². The van der Waals surface area contributed by atoms with Gasteiger partial charge in [-0.05, 0) is 71.4 Å². The van der Waals surface area contributed by atoms with Gasteiger partial charge in [0, 0.05) is 15.7 Å². The lowest BCUT2D eigenvalue weighted by Gasteiger charge is -2.24. The highest BCUT2D eigenvalue weighted by molar-refractivity contribution is 9.10. The molecule has 32 heavy (non-hydrogen) atoms. The van der Waals surface area contributed by atoms with Gasteiger partial charge in [0.25, 0.3) is 10.0 Å². The first kappa shape index (κ1) is 24.4. The molecule has 1 N–H and O–H groups in total. The fourth-order valence-corrected chi connectivity index (χ4v) is 5.58. The molecule has 0 aliphatic rings. The second kappa shape index (κ2) is 10.1. The van der Waals surface area contributed by atoms with Crippen LogP contribution in [0.5, 0.6) is 5.75 Å². The quantitative estimate of drug-likeness (QED) is 0.392. The maximum absolute atomic E-state index is 13.5. The van der Waals surface area contributed by atoms with E-state index in [9.17, 15) is 13.2 Å². The lowest BCUT2D eigenvalue weighted by molar-refractivity contribution is -0.114. The van der Waals surface area contributed by atoms with Crippen molar-refractivity contribution >= 4 is 66.4 Å². The lowest BCUT2D eigenvalue weighted by atomic mass is 10.2. The van der Waals surface area contributed by atoms with E-state index in [1.807, 2.05) is 6.92 Å². The van der Waals surface area contributed by atoms with Crippen molar-refractivity contribution in [1.29, 1.82) is 0 Å². The number of carbonyl (C=O) groups is 1. The highest BCUT2D eigenvalue weighted by Gasteiger charge is 2.28. The number of carbonyl (C=O) groups excluding carboxylic acids is 1. The molecule has 168 valence electrons. The zero-order valence-corrected chi connectivity index (χ0v) is 21.0. The van der Waals surface area contributed by atoms with Gasteiger partial charge in [0.1, 0.15) is 12.3 Å². The molecule has 0 heterocycles. The van der Waals surface area contributed by atoms with Gasteiger partial charge >= 0.3 is 0 Å². The van der Waals surface area contributed by atoms with Crippen molar-refractivity contribution in [3.05, 3.63) is 80.7 Å². The number of hydrogen-bond donors (Lipinski definition) is 1. The van der Waals surface area contributed by atoms with Crippen LogP contribution in [0.1, 0.15) is 5.56 Å². The zero-order chi connectivity index (χ0) is 23.5. The maximum Gasteiger partial charge on any atom is 0.264 e. The van der Waals surface area contributed by atoms with E-state index in [1.165, 1.54) is 37.4 Å². The highest BCUT2D eigenvalue weighted by Crippen LogP contribution is 2.31. The Balaban J connectivity index is 1.97. The summed E-state index contributed by atoms with van der Waals surface area (Å²) in [7, 11) is -2.60. The van der Waals surface area contributed by atoms with Crippen LogP contribution in [0, 0.1) is 6.92 Å². The summed E-state index contributed by atoms with van der Waals surface area (Å²) in [6, 6.07) is 15.8. The van der Waals surface area contributed by atoms with Crippen molar-refractivity contribution in [3.63, 3.8) is 0 Å². The van der Waals surface area contributed by atoms with Crippen molar-refractivity contribution in [3.8, 4) is 5.75 Å². The lowest BCUT2D eigenvalue weighted by Crippen LogP contribution is -2.38. The average Bonchev–Trinajstić information content (AvgIpc) is 2.72. The third-order valence-electron chi connectivity index (χ3n) is 4.47. The van der Waals surface area contributed by atoms with Gasteiger partial charge in [-0.1, -0.05) is 40.9 Å². The summed E-state index contributed by atoms with van der Waals surface area (Å²) >= 11 is 15.3. The van der Waals surface area contributed by atoms with Crippen LogP contribution in [0.3, 0.4) is 0 Å².